The zero-order valence-electron chi connectivity index (χ0n) is 12.5. The van der Waals surface area contributed by atoms with Crippen LogP contribution in [0.4, 0.5) is 4.79 Å². The van der Waals surface area contributed by atoms with E-state index in [2.05, 4.69) is 15.6 Å². The minimum Gasteiger partial charge on any atom is -0.335 e. The number of imidazole rings is 1. The molecule has 2 aromatic rings. The lowest BCUT2D eigenvalue weighted by Crippen LogP contribution is -2.44. The Morgan fingerprint density at radius 2 is 2.05 bits per heavy atom. The van der Waals surface area contributed by atoms with Crippen LogP contribution in [0.5, 0.6) is 0 Å². The number of nitrogens with zero attached hydrogens (tertiary/aromatic N) is 2. The number of fused-ring (bicyclic) bond motifs is 1. The van der Waals surface area contributed by atoms with E-state index in [0.717, 1.165) is 23.3 Å². The predicted molar refractivity (Wildman–Crippen MR) is 80.9 cm³/mol. The molecule has 0 spiro atoms. The highest BCUT2D eigenvalue weighted by Gasteiger charge is 2.13. The van der Waals surface area contributed by atoms with Gasteiger partial charge < -0.3 is 9.88 Å². The number of benzene rings is 1. The third kappa shape index (κ3) is 3.59. The Labute approximate surface area is 123 Å². The number of rotatable bonds is 4. The summed E-state index contributed by atoms with van der Waals surface area (Å²) in [5.41, 5.74) is 1.72. The minimum atomic E-state index is -0.462. The Bertz CT molecular complexity index is 663. The lowest BCUT2D eigenvalue weighted by Gasteiger charge is -2.12. The standard InChI is InChI=1S/C15H20N4O2/c1-4-10(2)16-15(21)18-14(20)9-19-11(3)17-12-7-5-6-8-13(12)19/h5-8,10H,4,9H2,1-3H3,(H2,16,18,20,21)/t10-/m1/s1. The molecule has 0 aliphatic heterocycles. The van der Waals surface area contributed by atoms with Crippen molar-refractivity contribution in [2.75, 3.05) is 0 Å². The van der Waals surface area contributed by atoms with E-state index in [9.17, 15) is 9.59 Å². The van der Waals surface area contributed by atoms with Gasteiger partial charge >= 0.3 is 6.03 Å². The first kappa shape index (κ1) is 15.0. The normalized spacial score (nSPS) is 12.1. The molecule has 0 bridgehead atoms. The van der Waals surface area contributed by atoms with Crippen LogP contribution < -0.4 is 10.6 Å². The fourth-order valence-corrected chi connectivity index (χ4v) is 2.07. The monoisotopic (exact) mass is 288 g/mol. The summed E-state index contributed by atoms with van der Waals surface area (Å²) in [7, 11) is 0. The summed E-state index contributed by atoms with van der Waals surface area (Å²) in [6.45, 7) is 5.76. The minimum absolute atomic E-state index is 0.0358. The molecular formula is C15H20N4O2. The number of aryl methyl sites for hydroxylation is 1. The summed E-state index contributed by atoms with van der Waals surface area (Å²) in [5, 5.41) is 5.03. The van der Waals surface area contributed by atoms with Crippen LogP contribution in [0.15, 0.2) is 24.3 Å². The molecule has 0 fully saturated rings. The SMILES string of the molecule is CC[C@@H](C)NC(=O)NC(=O)Cn1c(C)nc2ccccc21. The molecule has 6 heteroatoms. The van der Waals surface area contributed by atoms with Gasteiger partial charge in [-0.2, -0.15) is 0 Å². The summed E-state index contributed by atoms with van der Waals surface area (Å²) in [5.74, 6) is 0.385. The van der Waals surface area contributed by atoms with Crippen LogP contribution in [-0.2, 0) is 11.3 Å². The van der Waals surface area contributed by atoms with E-state index in [1.165, 1.54) is 0 Å². The van der Waals surface area contributed by atoms with Gasteiger partial charge in [0.1, 0.15) is 12.4 Å². The average molecular weight is 288 g/mol. The van der Waals surface area contributed by atoms with Gasteiger partial charge in [-0.1, -0.05) is 19.1 Å². The Balaban J connectivity index is 2.05. The van der Waals surface area contributed by atoms with Crippen LogP contribution >= 0.6 is 0 Å². The second-order valence-corrected chi connectivity index (χ2v) is 5.06. The van der Waals surface area contributed by atoms with Crippen LogP contribution in [0.3, 0.4) is 0 Å². The second kappa shape index (κ2) is 6.39. The lowest BCUT2D eigenvalue weighted by atomic mass is 10.3. The summed E-state index contributed by atoms with van der Waals surface area (Å²) >= 11 is 0. The first-order valence-corrected chi connectivity index (χ1v) is 7.03. The van der Waals surface area contributed by atoms with Gasteiger partial charge in [-0.25, -0.2) is 9.78 Å². The van der Waals surface area contributed by atoms with E-state index in [-0.39, 0.29) is 18.5 Å². The number of carbonyl (C=O) groups excluding carboxylic acids is 2. The molecule has 2 rings (SSSR count). The second-order valence-electron chi connectivity index (χ2n) is 5.06. The van der Waals surface area contributed by atoms with Crippen molar-refractivity contribution < 1.29 is 9.59 Å². The highest BCUT2D eigenvalue weighted by molar-refractivity contribution is 5.94. The van der Waals surface area contributed by atoms with Gasteiger partial charge in [0.2, 0.25) is 5.91 Å². The number of aromatic nitrogens is 2. The highest BCUT2D eigenvalue weighted by atomic mass is 16.2. The Morgan fingerprint density at radius 1 is 1.33 bits per heavy atom. The zero-order valence-corrected chi connectivity index (χ0v) is 12.5. The first-order chi connectivity index (χ1) is 10.0. The maximum Gasteiger partial charge on any atom is 0.321 e. The molecule has 1 heterocycles. The molecule has 3 amide bonds. The quantitative estimate of drug-likeness (QED) is 0.903. The highest BCUT2D eigenvalue weighted by Crippen LogP contribution is 2.14. The molecule has 0 unspecified atom stereocenters. The molecule has 21 heavy (non-hydrogen) atoms. The summed E-state index contributed by atoms with van der Waals surface area (Å²) < 4.78 is 1.79. The van der Waals surface area contributed by atoms with Crippen molar-refractivity contribution in [3.63, 3.8) is 0 Å². The topological polar surface area (TPSA) is 76.0 Å². The number of imide groups is 1. The molecule has 0 radical (unpaired) electrons. The van der Waals surface area contributed by atoms with E-state index in [0.29, 0.717) is 0 Å². The van der Waals surface area contributed by atoms with E-state index in [1.54, 1.807) is 4.57 Å². The molecule has 0 aliphatic carbocycles. The van der Waals surface area contributed by atoms with Crippen molar-refractivity contribution >= 4 is 23.0 Å². The molecule has 0 saturated heterocycles. The third-order valence-corrected chi connectivity index (χ3v) is 3.39. The third-order valence-electron chi connectivity index (χ3n) is 3.39. The number of nitrogens with one attached hydrogen (secondary N) is 2. The average Bonchev–Trinajstić information content (AvgIpc) is 2.75. The zero-order chi connectivity index (χ0) is 15.4. The van der Waals surface area contributed by atoms with Crippen LogP contribution in [0, 0.1) is 6.92 Å². The molecule has 112 valence electrons. The van der Waals surface area contributed by atoms with E-state index in [1.807, 2.05) is 45.0 Å². The van der Waals surface area contributed by atoms with Crippen LogP contribution in [-0.4, -0.2) is 27.5 Å². The maximum absolute atomic E-state index is 12.0. The fourth-order valence-electron chi connectivity index (χ4n) is 2.07. The van der Waals surface area contributed by atoms with E-state index in [4.69, 9.17) is 0 Å². The first-order valence-electron chi connectivity index (χ1n) is 7.03. The van der Waals surface area contributed by atoms with Crippen molar-refractivity contribution in [1.82, 2.24) is 20.2 Å². The number of hydrogen-bond acceptors (Lipinski definition) is 3. The van der Waals surface area contributed by atoms with Crippen molar-refractivity contribution in [1.29, 1.82) is 0 Å². The van der Waals surface area contributed by atoms with Crippen molar-refractivity contribution in [2.24, 2.45) is 0 Å². The summed E-state index contributed by atoms with van der Waals surface area (Å²) in [6.07, 6.45) is 0.812. The fraction of sp³-hybridized carbons (Fsp3) is 0.400. The van der Waals surface area contributed by atoms with Crippen molar-refractivity contribution in [3.8, 4) is 0 Å². The summed E-state index contributed by atoms with van der Waals surface area (Å²) in [4.78, 5) is 28.0. The molecular weight excluding hydrogens is 268 g/mol. The largest absolute Gasteiger partial charge is 0.335 e. The molecule has 2 N–H and O–H groups in total. The number of urea groups is 1. The molecule has 0 aliphatic rings. The Kier molecular flexibility index (Phi) is 4.57. The van der Waals surface area contributed by atoms with Crippen molar-refractivity contribution in [3.05, 3.63) is 30.1 Å². The Hall–Kier alpha value is -2.37. The predicted octanol–water partition coefficient (Wildman–Crippen LogP) is 1.97. The van der Waals surface area contributed by atoms with Gasteiger partial charge in [0.05, 0.1) is 11.0 Å². The summed E-state index contributed by atoms with van der Waals surface area (Å²) in [6, 6.07) is 7.17. The van der Waals surface area contributed by atoms with Gasteiger partial charge in [0.25, 0.3) is 0 Å². The van der Waals surface area contributed by atoms with Gasteiger partial charge in [-0.15, -0.1) is 0 Å². The maximum atomic E-state index is 12.0. The number of para-hydroxylation sites is 2. The molecule has 6 nitrogen and oxygen atoms in total. The van der Waals surface area contributed by atoms with E-state index < -0.39 is 6.03 Å². The number of carbonyl (C=O) groups is 2. The van der Waals surface area contributed by atoms with Crippen LogP contribution in [0.25, 0.3) is 11.0 Å². The molecule has 1 atom stereocenters. The molecule has 1 aromatic carbocycles. The van der Waals surface area contributed by atoms with Crippen LogP contribution in [0.2, 0.25) is 0 Å². The van der Waals surface area contributed by atoms with Gasteiger partial charge in [-0.05, 0) is 32.4 Å². The van der Waals surface area contributed by atoms with Crippen molar-refractivity contribution in [2.45, 2.75) is 39.8 Å². The number of amides is 3. The van der Waals surface area contributed by atoms with E-state index >= 15 is 0 Å². The van der Waals surface area contributed by atoms with Gasteiger partial charge in [0, 0.05) is 6.04 Å². The van der Waals surface area contributed by atoms with Gasteiger partial charge in [-0.3, -0.25) is 10.1 Å². The smallest absolute Gasteiger partial charge is 0.321 e. The van der Waals surface area contributed by atoms with Gasteiger partial charge in [0.15, 0.2) is 0 Å². The molecule has 0 saturated carbocycles. The van der Waals surface area contributed by atoms with Crippen LogP contribution in [0.1, 0.15) is 26.1 Å². The lowest BCUT2D eigenvalue weighted by molar-refractivity contribution is -0.120. The molecule has 1 aromatic heterocycles. The number of hydrogen-bond donors (Lipinski definition) is 2. The Morgan fingerprint density at radius 3 is 2.76 bits per heavy atom.